The zero-order valence-electron chi connectivity index (χ0n) is 14.9. The van der Waals surface area contributed by atoms with E-state index >= 15 is 0 Å². The minimum atomic E-state index is -0.313. The van der Waals surface area contributed by atoms with E-state index in [2.05, 4.69) is 26.6 Å². The van der Waals surface area contributed by atoms with E-state index < -0.39 is 0 Å². The van der Waals surface area contributed by atoms with Crippen molar-refractivity contribution in [2.45, 2.75) is 44.8 Å². The molecule has 3 heterocycles. The molecule has 0 amide bonds. The number of fused-ring (bicyclic) bond motifs is 1. The number of hydrogen-bond donors (Lipinski definition) is 0. The maximum absolute atomic E-state index is 12.6. The SMILES string of the molecule is N#CCCCN1CCC2(CC1)CC(Cn1cnc3ccccc31)OC2=O. The lowest BCUT2D eigenvalue weighted by atomic mass is 9.76. The molecular formula is C20H24N4O2. The Morgan fingerprint density at radius 2 is 2.12 bits per heavy atom. The molecule has 1 spiro atoms. The number of hydrogen-bond acceptors (Lipinski definition) is 5. The number of carbonyl (C=O) groups excluding carboxylic acids is 1. The summed E-state index contributed by atoms with van der Waals surface area (Å²) >= 11 is 0. The molecule has 4 rings (SSSR count). The van der Waals surface area contributed by atoms with Gasteiger partial charge in [0.2, 0.25) is 0 Å². The largest absolute Gasteiger partial charge is 0.460 e. The average molecular weight is 352 g/mol. The summed E-state index contributed by atoms with van der Waals surface area (Å²) in [5, 5.41) is 8.66. The van der Waals surface area contributed by atoms with Crippen molar-refractivity contribution in [3.05, 3.63) is 30.6 Å². The van der Waals surface area contributed by atoms with Gasteiger partial charge in [-0.25, -0.2) is 4.98 Å². The Balaban J connectivity index is 1.38. The number of unbranched alkanes of at least 4 members (excludes halogenated alkanes) is 1. The van der Waals surface area contributed by atoms with Crippen LogP contribution in [0.5, 0.6) is 0 Å². The number of esters is 1. The summed E-state index contributed by atoms with van der Waals surface area (Å²) in [6, 6.07) is 10.2. The number of piperidine rings is 1. The Hall–Kier alpha value is -2.39. The first-order valence-electron chi connectivity index (χ1n) is 9.40. The van der Waals surface area contributed by atoms with Gasteiger partial charge in [-0.2, -0.15) is 5.26 Å². The number of imidazole rings is 1. The highest BCUT2D eigenvalue weighted by molar-refractivity contribution is 5.79. The third kappa shape index (κ3) is 3.19. The topological polar surface area (TPSA) is 71.2 Å². The maximum Gasteiger partial charge on any atom is 0.312 e. The fourth-order valence-corrected chi connectivity index (χ4v) is 4.31. The number of rotatable bonds is 5. The molecule has 26 heavy (non-hydrogen) atoms. The van der Waals surface area contributed by atoms with Crippen molar-refractivity contribution in [2.75, 3.05) is 19.6 Å². The van der Waals surface area contributed by atoms with Crippen molar-refractivity contribution in [3.8, 4) is 6.07 Å². The lowest BCUT2D eigenvalue weighted by Gasteiger charge is -2.36. The third-order valence-electron chi connectivity index (χ3n) is 5.83. The Morgan fingerprint density at radius 1 is 1.31 bits per heavy atom. The van der Waals surface area contributed by atoms with Gasteiger partial charge in [-0.1, -0.05) is 12.1 Å². The van der Waals surface area contributed by atoms with Gasteiger partial charge in [0.05, 0.1) is 35.4 Å². The highest BCUT2D eigenvalue weighted by atomic mass is 16.6. The van der Waals surface area contributed by atoms with Crippen LogP contribution in [0, 0.1) is 16.7 Å². The van der Waals surface area contributed by atoms with Crippen molar-refractivity contribution in [1.82, 2.24) is 14.5 Å². The molecule has 2 aliphatic rings. The molecule has 0 radical (unpaired) electrons. The van der Waals surface area contributed by atoms with Gasteiger partial charge in [0.15, 0.2) is 0 Å². The van der Waals surface area contributed by atoms with Gasteiger partial charge in [-0.3, -0.25) is 4.79 Å². The maximum atomic E-state index is 12.6. The molecule has 1 aromatic heterocycles. The zero-order valence-corrected chi connectivity index (χ0v) is 14.9. The van der Waals surface area contributed by atoms with E-state index in [0.29, 0.717) is 13.0 Å². The molecule has 136 valence electrons. The molecule has 0 aliphatic carbocycles. The lowest BCUT2D eigenvalue weighted by Crippen LogP contribution is -2.42. The molecule has 1 atom stereocenters. The van der Waals surface area contributed by atoms with Gasteiger partial charge in [0.1, 0.15) is 6.10 Å². The lowest BCUT2D eigenvalue weighted by molar-refractivity contribution is -0.151. The molecule has 2 fully saturated rings. The number of likely N-dealkylation sites (tertiary alicyclic amines) is 1. The minimum Gasteiger partial charge on any atom is -0.460 e. The second-order valence-electron chi connectivity index (χ2n) is 7.50. The van der Waals surface area contributed by atoms with E-state index in [1.807, 2.05) is 24.5 Å². The summed E-state index contributed by atoms with van der Waals surface area (Å²) in [5.74, 6) is -0.0244. The second-order valence-corrected chi connectivity index (χ2v) is 7.50. The first kappa shape index (κ1) is 17.0. The number of carbonyl (C=O) groups is 1. The van der Waals surface area contributed by atoms with Crippen LogP contribution in [0.2, 0.25) is 0 Å². The third-order valence-corrected chi connectivity index (χ3v) is 5.83. The van der Waals surface area contributed by atoms with Crippen LogP contribution < -0.4 is 0 Å². The number of nitrogens with zero attached hydrogens (tertiary/aromatic N) is 4. The summed E-state index contributed by atoms with van der Waals surface area (Å²) in [5.41, 5.74) is 1.74. The van der Waals surface area contributed by atoms with Crippen LogP contribution in [-0.2, 0) is 16.1 Å². The number of benzene rings is 1. The van der Waals surface area contributed by atoms with E-state index in [1.54, 1.807) is 0 Å². The molecule has 6 nitrogen and oxygen atoms in total. The zero-order chi connectivity index (χ0) is 18.0. The van der Waals surface area contributed by atoms with Crippen LogP contribution in [0.3, 0.4) is 0 Å². The van der Waals surface area contributed by atoms with E-state index in [4.69, 9.17) is 10.00 Å². The summed E-state index contributed by atoms with van der Waals surface area (Å²) < 4.78 is 7.85. The standard InChI is InChI=1S/C20H24N4O2/c21-9-3-4-10-23-11-7-20(8-12-23)13-16(26-19(20)25)14-24-15-22-17-5-1-2-6-18(17)24/h1-2,5-6,15-16H,3-4,7-8,10-14H2. The molecule has 2 saturated heterocycles. The molecular weight excluding hydrogens is 328 g/mol. The van der Waals surface area contributed by atoms with Crippen LogP contribution in [0.15, 0.2) is 30.6 Å². The van der Waals surface area contributed by atoms with Crippen molar-refractivity contribution < 1.29 is 9.53 Å². The monoisotopic (exact) mass is 352 g/mol. The van der Waals surface area contributed by atoms with E-state index in [9.17, 15) is 4.79 Å². The number of ether oxygens (including phenoxy) is 1. The molecule has 1 aromatic carbocycles. The second kappa shape index (κ2) is 7.08. The van der Waals surface area contributed by atoms with Gasteiger partial charge < -0.3 is 14.2 Å². The number of para-hydroxylation sites is 2. The van der Waals surface area contributed by atoms with Crippen LogP contribution in [-0.4, -0.2) is 46.2 Å². The molecule has 0 N–H and O–H groups in total. The molecule has 6 heteroatoms. The fourth-order valence-electron chi connectivity index (χ4n) is 4.31. The van der Waals surface area contributed by atoms with Crippen molar-refractivity contribution in [2.24, 2.45) is 5.41 Å². The summed E-state index contributed by atoms with van der Waals surface area (Å²) in [6.07, 6.45) is 5.78. The Labute approximate surface area is 153 Å². The Bertz CT molecular complexity index is 830. The van der Waals surface area contributed by atoms with Crippen LogP contribution in [0.1, 0.15) is 32.1 Å². The van der Waals surface area contributed by atoms with Gasteiger partial charge in [0, 0.05) is 12.8 Å². The van der Waals surface area contributed by atoms with Gasteiger partial charge in [-0.15, -0.1) is 0 Å². The molecule has 0 saturated carbocycles. The van der Waals surface area contributed by atoms with Crippen LogP contribution in [0.4, 0.5) is 0 Å². The first-order chi connectivity index (χ1) is 12.7. The van der Waals surface area contributed by atoms with Crippen LogP contribution in [0.25, 0.3) is 11.0 Å². The molecule has 0 bridgehead atoms. The van der Waals surface area contributed by atoms with Gasteiger partial charge in [0.25, 0.3) is 0 Å². The van der Waals surface area contributed by atoms with E-state index in [-0.39, 0.29) is 17.5 Å². The summed E-state index contributed by atoms with van der Waals surface area (Å²) in [7, 11) is 0. The van der Waals surface area contributed by atoms with Crippen molar-refractivity contribution >= 4 is 17.0 Å². The number of cyclic esters (lactones) is 1. The molecule has 1 unspecified atom stereocenters. The Kier molecular flexibility index (Phi) is 4.64. The molecule has 2 aliphatic heterocycles. The normalized spacial score (nSPS) is 22.6. The first-order valence-corrected chi connectivity index (χ1v) is 9.40. The summed E-state index contributed by atoms with van der Waals surface area (Å²) in [4.78, 5) is 19.4. The average Bonchev–Trinajstić information content (AvgIpc) is 3.19. The highest BCUT2D eigenvalue weighted by Gasteiger charge is 2.50. The predicted octanol–water partition coefficient (Wildman–Crippen LogP) is 2.74. The van der Waals surface area contributed by atoms with Crippen molar-refractivity contribution in [3.63, 3.8) is 0 Å². The smallest absolute Gasteiger partial charge is 0.312 e. The number of aromatic nitrogens is 2. The molecule has 2 aromatic rings. The van der Waals surface area contributed by atoms with E-state index in [0.717, 1.165) is 56.4 Å². The minimum absolute atomic E-state index is 0.0244. The number of nitriles is 1. The Morgan fingerprint density at radius 3 is 2.92 bits per heavy atom. The van der Waals surface area contributed by atoms with Gasteiger partial charge >= 0.3 is 5.97 Å². The van der Waals surface area contributed by atoms with Crippen LogP contribution >= 0.6 is 0 Å². The predicted molar refractivity (Wildman–Crippen MR) is 97.2 cm³/mol. The van der Waals surface area contributed by atoms with E-state index in [1.165, 1.54) is 0 Å². The van der Waals surface area contributed by atoms with Gasteiger partial charge in [-0.05, 0) is 51.0 Å². The fraction of sp³-hybridized carbons (Fsp3) is 0.550. The van der Waals surface area contributed by atoms with Crippen molar-refractivity contribution in [1.29, 1.82) is 5.26 Å². The summed E-state index contributed by atoms with van der Waals surface area (Å²) in [6.45, 7) is 3.45. The quantitative estimate of drug-likeness (QED) is 0.611. The highest BCUT2D eigenvalue weighted by Crippen LogP contribution is 2.43.